The standard InChI is InChI=1S/C11H13F2NO2/c12-9-4-3-8(6-10(9)13)7-14-11(16)2-1-5-15/h3-4,6,15H,1-2,5,7H2,(H,14,16). The first-order chi connectivity index (χ1) is 7.63. The predicted octanol–water partition coefficient (Wildman–Crippen LogP) is 1.35. The minimum Gasteiger partial charge on any atom is -0.396 e. The van der Waals surface area contributed by atoms with E-state index >= 15 is 0 Å². The second-order valence-corrected chi connectivity index (χ2v) is 3.35. The molecule has 0 unspecified atom stereocenters. The van der Waals surface area contributed by atoms with Crippen molar-refractivity contribution in [1.29, 1.82) is 0 Å². The number of halogens is 2. The summed E-state index contributed by atoms with van der Waals surface area (Å²) in [7, 11) is 0. The van der Waals surface area contributed by atoms with Gasteiger partial charge in [-0.2, -0.15) is 0 Å². The lowest BCUT2D eigenvalue weighted by molar-refractivity contribution is -0.121. The van der Waals surface area contributed by atoms with Gasteiger partial charge < -0.3 is 10.4 Å². The molecule has 88 valence electrons. The van der Waals surface area contributed by atoms with E-state index in [1.54, 1.807) is 0 Å². The Morgan fingerprint density at radius 3 is 2.69 bits per heavy atom. The fourth-order valence-electron chi connectivity index (χ4n) is 1.18. The Hall–Kier alpha value is -1.49. The van der Waals surface area contributed by atoms with Crippen LogP contribution in [0, 0.1) is 11.6 Å². The normalized spacial score (nSPS) is 10.2. The summed E-state index contributed by atoms with van der Waals surface area (Å²) in [5, 5.41) is 11.0. The van der Waals surface area contributed by atoms with Crippen LogP contribution >= 0.6 is 0 Å². The first-order valence-electron chi connectivity index (χ1n) is 4.95. The average molecular weight is 229 g/mol. The summed E-state index contributed by atoms with van der Waals surface area (Å²) in [6.07, 6.45) is 0.615. The minimum absolute atomic E-state index is 0.0431. The molecule has 16 heavy (non-hydrogen) atoms. The summed E-state index contributed by atoms with van der Waals surface area (Å²) in [4.78, 5) is 11.1. The molecule has 0 spiro atoms. The van der Waals surface area contributed by atoms with Crippen molar-refractivity contribution in [2.45, 2.75) is 19.4 Å². The van der Waals surface area contributed by atoms with E-state index in [-0.39, 0.29) is 25.5 Å². The zero-order valence-corrected chi connectivity index (χ0v) is 8.67. The Balaban J connectivity index is 2.42. The molecule has 0 aliphatic heterocycles. The maximum Gasteiger partial charge on any atom is 0.220 e. The van der Waals surface area contributed by atoms with Crippen molar-refractivity contribution in [3.63, 3.8) is 0 Å². The first-order valence-corrected chi connectivity index (χ1v) is 4.95. The summed E-state index contributed by atoms with van der Waals surface area (Å²) >= 11 is 0. The van der Waals surface area contributed by atoms with Crippen molar-refractivity contribution < 1.29 is 18.7 Å². The molecule has 0 aromatic heterocycles. The number of rotatable bonds is 5. The van der Waals surface area contributed by atoms with E-state index in [1.807, 2.05) is 0 Å². The third kappa shape index (κ3) is 3.94. The van der Waals surface area contributed by atoms with Crippen LogP contribution in [0.15, 0.2) is 18.2 Å². The fraction of sp³-hybridized carbons (Fsp3) is 0.364. The highest BCUT2D eigenvalue weighted by Gasteiger charge is 2.04. The smallest absolute Gasteiger partial charge is 0.220 e. The van der Waals surface area contributed by atoms with E-state index < -0.39 is 11.6 Å². The van der Waals surface area contributed by atoms with Gasteiger partial charge in [0.25, 0.3) is 0 Å². The van der Waals surface area contributed by atoms with E-state index in [2.05, 4.69) is 5.32 Å². The van der Waals surface area contributed by atoms with Crippen LogP contribution in [0.5, 0.6) is 0 Å². The Labute approximate surface area is 92.1 Å². The number of carbonyl (C=O) groups excluding carboxylic acids is 1. The Bertz CT molecular complexity index is 369. The number of aliphatic hydroxyl groups is 1. The van der Waals surface area contributed by atoms with Gasteiger partial charge in [0.05, 0.1) is 0 Å². The number of hydrogen-bond acceptors (Lipinski definition) is 2. The van der Waals surface area contributed by atoms with E-state index in [1.165, 1.54) is 6.07 Å². The molecule has 5 heteroatoms. The van der Waals surface area contributed by atoms with Crippen molar-refractivity contribution in [3.8, 4) is 0 Å². The molecule has 0 fully saturated rings. The van der Waals surface area contributed by atoms with E-state index in [4.69, 9.17) is 5.11 Å². The maximum absolute atomic E-state index is 12.8. The van der Waals surface area contributed by atoms with Crippen LogP contribution in [-0.2, 0) is 11.3 Å². The van der Waals surface area contributed by atoms with Crippen molar-refractivity contribution in [2.24, 2.45) is 0 Å². The monoisotopic (exact) mass is 229 g/mol. The van der Waals surface area contributed by atoms with Crippen LogP contribution in [0.3, 0.4) is 0 Å². The van der Waals surface area contributed by atoms with Gasteiger partial charge in [-0.05, 0) is 24.1 Å². The second kappa shape index (κ2) is 6.17. The molecule has 0 atom stereocenters. The van der Waals surface area contributed by atoms with Gasteiger partial charge in [0.2, 0.25) is 5.91 Å². The highest BCUT2D eigenvalue weighted by Crippen LogP contribution is 2.08. The molecule has 1 aromatic rings. The van der Waals surface area contributed by atoms with Gasteiger partial charge in [0.1, 0.15) is 0 Å². The molecular weight excluding hydrogens is 216 g/mol. The van der Waals surface area contributed by atoms with Gasteiger partial charge in [-0.3, -0.25) is 4.79 Å². The van der Waals surface area contributed by atoms with E-state index in [9.17, 15) is 13.6 Å². The molecule has 0 bridgehead atoms. The number of hydrogen-bond donors (Lipinski definition) is 2. The Morgan fingerprint density at radius 1 is 1.31 bits per heavy atom. The van der Waals surface area contributed by atoms with Crippen molar-refractivity contribution >= 4 is 5.91 Å². The van der Waals surface area contributed by atoms with Gasteiger partial charge in [0, 0.05) is 19.6 Å². The van der Waals surface area contributed by atoms with Gasteiger partial charge in [-0.15, -0.1) is 0 Å². The van der Waals surface area contributed by atoms with Crippen molar-refractivity contribution in [3.05, 3.63) is 35.4 Å². The highest BCUT2D eigenvalue weighted by atomic mass is 19.2. The number of nitrogens with one attached hydrogen (secondary N) is 1. The molecule has 0 radical (unpaired) electrons. The minimum atomic E-state index is -0.929. The fourth-order valence-corrected chi connectivity index (χ4v) is 1.18. The lowest BCUT2D eigenvalue weighted by Crippen LogP contribution is -2.22. The highest BCUT2D eigenvalue weighted by molar-refractivity contribution is 5.75. The Morgan fingerprint density at radius 2 is 2.06 bits per heavy atom. The predicted molar refractivity (Wildman–Crippen MR) is 54.5 cm³/mol. The molecule has 0 saturated carbocycles. The van der Waals surface area contributed by atoms with Gasteiger partial charge in [-0.1, -0.05) is 6.07 Å². The van der Waals surface area contributed by atoms with E-state index in [0.29, 0.717) is 12.0 Å². The molecule has 0 saturated heterocycles. The number of benzene rings is 1. The van der Waals surface area contributed by atoms with Crippen LogP contribution in [0.2, 0.25) is 0 Å². The van der Waals surface area contributed by atoms with Crippen LogP contribution in [0.1, 0.15) is 18.4 Å². The third-order valence-electron chi connectivity index (χ3n) is 2.04. The summed E-state index contributed by atoms with van der Waals surface area (Å²) in [5.74, 6) is -2.06. The van der Waals surface area contributed by atoms with Crippen molar-refractivity contribution in [2.75, 3.05) is 6.61 Å². The molecule has 0 aliphatic rings. The molecule has 0 heterocycles. The Kier molecular flexibility index (Phi) is 4.85. The summed E-state index contributed by atoms with van der Waals surface area (Å²) in [5.41, 5.74) is 0.497. The van der Waals surface area contributed by atoms with Gasteiger partial charge >= 0.3 is 0 Å². The average Bonchev–Trinajstić information content (AvgIpc) is 2.28. The molecule has 1 rings (SSSR count). The lowest BCUT2D eigenvalue weighted by Gasteiger charge is -2.05. The van der Waals surface area contributed by atoms with Crippen LogP contribution in [0.4, 0.5) is 8.78 Å². The lowest BCUT2D eigenvalue weighted by atomic mass is 10.2. The van der Waals surface area contributed by atoms with Crippen LogP contribution in [0.25, 0.3) is 0 Å². The second-order valence-electron chi connectivity index (χ2n) is 3.35. The van der Waals surface area contributed by atoms with Crippen LogP contribution < -0.4 is 5.32 Å². The number of carbonyl (C=O) groups is 1. The van der Waals surface area contributed by atoms with Crippen LogP contribution in [-0.4, -0.2) is 17.6 Å². The van der Waals surface area contributed by atoms with Gasteiger partial charge in [0.15, 0.2) is 11.6 Å². The SMILES string of the molecule is O=C(CCCO)NCc1ccc(F)c(F)c1. The van der Waals surface area contributed by atoms with E-state index in [0.717, 1.165) is 12.1 Å². The zero-order chi connectivity index (χ0) is 12.0. The summed E-state index contributed by atoms with van der Waals surface area (Å²) in [6.45, 7) is 0.111. The third-order valence-corrected chi connectivity index (χ3v) is 2.04. The topological polar surface area (TPSA) is 49.3 Å². The molecular formula is C11H13F2NO2. The quantitative estimate of drug-likeness (QED) is 0.800. The molecule has 0 aliphatic carbocycles. The van der Waals surface area contributed by atoms with Gasteiger partial charge in [-0.25, -0.2) is 8.78 Å². The molecule has 2 N–H and O–H groups in total. The molecule has 3 nitrogen and oxygen atoms in total. The maximum atomic E-state index is 12.8. The van der Waals surface area contributed by atoms with Crippen molar-refractivity contribution in [1.82, 2.24) is 5.32 Å². The number of aliphatic hydroxyl groups excluding tert-OH is 1. The zero-order valence-electron chi connectivity index (χ0n) is 8.67. The summed E-state index contributed by atoms with van der Waals surface area (Å²) in [6, 6.07) is 3.47. The molecule has 1 aromatic carbocycles. The first kappa shape index (κ1) is 12.6. The molecule has 1 amide bonds. The number of amides is 1. The summed E-state index contributed by atoms with van der Waals surface area (Å²) < 4.78 is 25.4. The largest absolute Gasteiger partial charge is 0.396 e.